The van der Waals surface area contributed by atoms with Gasteiger partial charge in [-0.1, -0.05) is 24.9 Å². The molecular formula is C17H18ClNO2. The quantitative estimate of drug-likeness (QED) is 0.781. The van der Waals surface area contributed by atoms with Gasteiger partial charge in [-0.15, -0.1) is 0 Å². The van der Waals surface area contributed by atoms with Gasteiger partial charge < -0.3 is 10.1 Å². The van der Waals surface area contributed by atoms with Crippen LogP contribution in [-0.2, 0) is 0 Å². The number of hydrogen-bond donors (Lipinski definition) is 1. The number of carbonyl (C=O) groups is 1. The first-order valence-electron chi connectivity index (χ1n) is 6.99. The first kappa shape index (κ1) is 15.4. The predicted molar refractivity (Wildman–Crippen MR) is 86.3 cm³/mol. The molecule has 0 bridgehead atoms. The molecule has 3 nitrogen and oxygen atoms in total. The maximum absolute atomic E-state index is 12.1. The number of anilines is 1. The first-order valence-corrected chi connectivity index (χ1v) is 7.36. The molecule has 0 spiro atoms. The summed E-state index contributed by atoms with van der Waals surface area (Å²) in [4.78, 5) is 12.1. The van der Waals surface area contributed by atoms with Crippen molar-refractivity contribution in [3.05, 3.63) is 59.1 Å². The van der Waals surface area contributed by atoms with Crippen LogP contribution in [0.1, 0.15) is 30.1 Å². The van der Waals surface area contributed by atoms with E-state index < -0.39 is 0 Å². The fraction of sp³-hybridized carbons (Fsp3) is 0.235. The Bertz CT molecular complexity index is 579. The van der Waals surface area contributed by atoms with E-state index in [4.69, 9.17) is 16.3 Å². The van der Waals surface area contributed by atoms with Crippen molar-refractivity contribution in [1.82, 2.24) is 0 Å². The summed E-state index contributed by atoms with van der Waals surface area (Å²) in [6.45, 7) is 2.82. The Morgan fingerprint density at radius 3 is 2.38 bits per heavy atom. The average Bonchev–Trinajstić information content (AvgIpc) is 2.50. The van der Waals surface area contributed by atoms with E-state index in [1.54, 1.807) is 36.4 Å². The van der Waals surface area contributed by atoms with Crippen LogP contribution in [0.2, 0.25) is 5.02 Å². The zero-order valence-electron chi connectivity index (χ0n) is 11.9. The Morgan fingerprint density at radius 1 is 1.10 bits per heavy atom. The van der Waals surface area contributed by atoms with E-state index in [9.17, 15) is 4.79 Å². The molecule has 0 aliphatic carbocycles. The first-order chi connectivity index (χ1) is 10.2. The lowest BCUT2D eigenvalue weighted by Gasteiger charge is -2.07. The van der Waals surface area contributed by atoms with Crippen LogP contribution in [0, 0.1) is 0 Å². The molecule has 0 atom stereocenters. The van der Waals surface area contributed by atoms with Gasteiger partial charge in [0.2, 0.25) is 0 Å². The molecule has 2 rings (SSSR count). The van der Waals surface area contributed by atoms with Gasteiger partial charge >= 0.3 is 0 Å². The minimum absolute atomic E-state index is 0.155. The molecule has 0 radical (unpaired) electrons. The van der Waals surface area contributed by atoms with Crippen molar-refractivity contribution in [2.75, 3.05) is 11.9 Å². The summed E-state index contributed by atoms with van der Waals surface area (Å²) in [5.74, 6) is 0.629. The fourth-order valence-corrected chi connectivity index (χ4v) is 1.90. The second-order valence-electron chi connectivity index (χ2n) is 4.69. The highest BCUT2D eigenvalue weighted by molar-refractivity contribution is 6.30. The molecule has 0 aliphatic rings. The topological polar surface area (TPSA) is 38.3 Å². The minimum atomic E-state index is -0.155. The summed E-state index contributed by atoms with van der Waals surface area (Å²) < 4.78 is 5.57. The van der Waals surface area contributed by atoms with Crippen LogP contribution in [0.4, 0.5) is 5.69 Å². The van der Waals surface area contributed by atoms with Crippen LogP contribution in [0.15, 0.2) is 48.5 Å². The lowest BCUT2D eigenvalue weighted by Crippen LogP contribution is -2.11. The molecule has 1 N–H and O–H groups in total. The van der Waals surface area contributed by atoms with Crippen LogP contribution in [0.25, 0.3) is 0 Å². The number of carbonyl (C=O) groups excluding carboxylic acids is 1. The Morgan fingerprint density at radius 2 is 1.76 bits per heavy atom. The van der Waals surface area contributed by atoms with Crippen molar-refractivity contribution >= 4 is 23.2 Å². The molecule has 0 saturated carbocycles. The largest absolute Gasteiger partial charge is 0.494 e. The molecule has 2 aromatic carbocycles. The molecule has 21 heavy (non-hydrogen) atoms. The standard InChI is InChI=1S/C17H18ClNO2/c1-2-3-12-21-16-10-4-13(5-11-16)17(20)19-15-8-6-14(18)7-9-15/h4-11H,2-3,12H2,1H3,(H,19,20). The number of halogens is 1. The maximum atomic E-state index is 12.1. The van der Waals surface area contributed by atoms with Crippen molar-refractivity contribution in [3.8, 4) is 5.75 Å². The summed E-state index contributed by atoms with van der Waals surface area (Å²) in [7, 11) is 0. The van der Waals surface area contributed by atoms with Crippen LogP contribution in [-0.4, -0.2) is 12.5 Å². The second-order valence-corrected chi connectivity index (χ2v) is 5.12. The average molecular weight is 304 g/mol. The van der Waals surface area contributed by atoms with Gasteiger partial charge in [-0.2, -0.15) is 0 Å². The summed E-state index contributed by atoms with van der Waals surface area (Å²) >= 11 is 5.81. The number of rotatable bonds is 6. The Hall–Kier alpha value is -2.00. The van der Waals surface area contributed by atoms with Crippen LogP contribution < -0.4 is 10.1 Å². The highest BCUT2D eigenvalue weighted by atomic mass is 35.5. The van der Waals surface area contributed by atoms with Gasteiger partial charge in [0.15, 0.2) is 0 Å². The van der Waals surface area contributed by atoms with Gasteiger partial charge in [0.05, 0.1) is 6.61 Å². The highest BCUT2D eigenvalue weighted by Gasteiger charge is 2.06. The van der Waals surface area contributed by atoms with E-state index in [1.165, 1.54) is 0 Å². The molecular weight excluding hydrogens is 286 g/mol. The highest BCUT2D eigenvalue weighted by Crippen LogP contribution is 2.16. The normalized spacial score (nSPS) is 10.2. The number of hydrogen-bond acceptors (Lipinski definition) is 2. The molecule has 2 aromatic rings. The van der Waals surface area contributed by atoms with Crippen molar-refractivity contribution in [3.63, 3.8) is 0 Å². The molecule has 0 fully saturated rings. The number of nitrogens with one attached hydrogen (secondary N) is 1. The number of ether oxygens (including phenoxy) is 1. The lowest BCUT2D eigenvalue weighted by molar-refractivity contribution is 0.102. The van der Waals surface area contributed by atoms with Gasteiger partial charge in [-0.3, -0.25) is 4.79 Å². The van der Waals surface area contributed by atoms with Crippen LogP contribution in [0.3, 0.4) is 0 Å². The van der Waals surface area contributed by atoms with Gasteiger partial charge in [0.25, 0.3) is 5.91 Å². The van der Waals surface area contributed by atoms with Crippen molar-refractivity contribution in [2.24, 2.45) is 0 Å². The molecule has 1 amide bonds. The van der Waals surface area contributed by atoms with Crippen LogP contribution >= 0.6 is 11.6 Å². The summed E-state index contributed by atoms with van der Waals surface area (Å²) in [5.41, 5.74) is 1.31. The fourth-order valence-electron chi connectivity index (χ4n) is 1.77. The van der Waals surface area contributed by atoms with E-state index in [-0.39, 0.29) is 5.91 Å². The number of benzene rings is 2. The minimum Gasteiger partial charge on any atom is -0.494 e. The predicted octanol–water partition coefficient (Wildman–Crippen LogP) is 4.77. The monoisotopic (exact) mass is 303 g/mol. The van der Waals surface area contributed by atoms with Gasteiger partial charge in [-0.25, -0.2) is 0 Å². The van der Waals surface area contributed by atoms with Gasteiger partial charge in [0, 0.05) is 16.3 Å². The van der Waals surface area contributed by atoms with Crippen molar-refractivity contribution in [2.45, 2.75) is 19.8 Å². The molecule has 0 heterocycles. The van der Waals surface area contributed by atoms with Crippen molar-refractivity contribution in [1.29, 1.82) is 0 Å². The van der Waals surface area contributed by atoms with E-state index in [0.717, 1.165) is 18.6 Å². The summed E-state index contributed by atoms with van der Waals surface area (Å²) in [6.07, 6.45) is 2.13. The van der Waals surface area contributed by atoms with Gasteiger partial charge in [0.1, 0.15) is 5.75 Å². The molecule has 0 aromatic heterocycles. The SMILES string of the molecule is CCCCOc1ccc(C(=O)Nc2ccc(Cl)cc2)cc1. The third kappa shape index (κ3) is 4.80. The van der Waals surface area contributed by atoms with Gasteiger partial charge in [-0.05, 0) is 55.0 Å². The van der Waals surface area contributed by atoms with E-state index >= 15 is 0 Å². The smallest absolute Gasteiger partial charge is 0.255 e. The van der Waals surface area contributed by atoms with E-state index in [2.05, 4.69) is 12.2 Å². The summed E-state index contributed by atoms with van der Waals surface area (Å²) in [5, 5.41) is 3.46. The molecule has 0 saturated heterocycles. The Labute approximate surface area is 129 Å². The molecule has 110 valence electrons. The third-order valence-electron chi connectivity index (χ3n) is 2.99. The molecule has 0 unspecified atom stereocenters. The summed E-state index contributed by atoms with van der Waals surface area (Å²) in [6, 6.07) is 14.1. The van der Waals surface area contributed by atoms with E-state index in [0.29, 0.717) is 22.9 Å². The molecule has 0 aliphatic heterocycles. The molecule has 4 heteroatoms. The zero-order chi connectivity index (χ0) is 15.1. The second kappa shape index (κ2) is 7.70. The Balaban J connectivity index is 1.94. The third-order valence-corrected chi connectivity index (χ3v) is 3.24. The lowest BCUT2D eigenvalue weighted by atomic mass is 10.2. The van der Waals surface area contributed by atoms with E-state index in [1.807, 2.05) is 12.1 Å². The zero-order valence-corrected chi connectivity index (χ0v) is 12.7. The Kier molecular flexibility index (Phi) is 5.64. The number of unbranched alkanes of at least 4 members (excludes halogenated alkanes) is 1. The van der Waals surface area contributed by atoms with Crippen LogP contribution in [0.5, 0.6) is 5.75 Å². The van der Waals surface area contributed by atoms with Crippen molar-refractivity contribution < 1.29 is 9.53 Å². The maximum Gasteiger partial charge on any atom is 0.255 e. The number of amides is 1.